The number of fused-ring (bicyclic) bond motifs is 3. The van der Waals surface area contributed by atoms with E-state index in [1.807, 2.05) is 6.07 Å². The van der Waals surface area contributed by atoms with E-state index in [0.717, 1.165) is 53.8 Å². The van der Waals surface area contributed by atoms with Gasteiger partial charge in [0.05, 0.1) is 11.1 Å². The first-order valence-electron chi connectivity index (χ1n) is 12.1. The molecule has 2 aliphatic heterocycles. The molecule has 1 atom stereocenters. The van der Waals surface area contributed by atoms with E-state index in [9.17, 15) is 14.0 Å². The number of esters is 1. The summed E-state index contributed by atoms with van der Waals surface area (Å²) in [5.74, 6) is -0.866. The molecule has 2 N–H and O–H groups in total. The van der Waals surface area contributed by atoms with Crippen molar-refractivity contribution in [2.45, 2.75) is 25.7 Å². The lowest BCUT2D eigenvalue weighted by Gasteiger charge is -2.28. The smallest absolute Gasteiger partial charge is 0.343 e. The van der Waals surface area contributed by atoms with Crippen molar-refractivity contribution >= 4 is 28.2 Å². The molecule has 0 spiro atoms. The predicted molar refractivity (Wildman–Crippen MR) is 140 cm³/mol. The average Bonchev–Trinajstić information content (AvgIpc) is 3.28. The van der Waals surface area contributed by atoms with Gasteiger partial charge in [0.2, 0.25) is 0 Å². The topological polar surface area (TPSA) is 70.7 Å². The van der Waals surface area contributed by atoms with Gasteiger partial charge in [-0.15, -0.1) is 11.3 Å². The lowest BCUT2D eigenvalue weighted by Crippen LogP contribution is -2.38. The molecule has 37 heavy (non-hydrogen) atoms. The summed E-state index contributed by atoms with van der Waals surface area (Å²) in [5.41, 5.74) is 4.17. The zero-order chi connectivity index (χ0) is 25.4. The Labute approximate surface area is 217 Å². The summed E-state index contributed by atoms with van der Waals surface area (Å²) in [6.45, 7) is 2.63. The molecule has 186 valence electrons. The van der Waals surface area contributed by atoms with Gasteiger partial charge in [0, 0.05) is 24.5 Å². The second-order valence-corrected chi connectivity index (χ2v) is 10.3. The van der Waals surface area contributed by atoms with Gasteiger partial charge in [0.15, 0.2) is 0 Å². The Bertz CT molecular complexity index is 1470. The van der Waals surface area contributed by atoms with Crippen molar-refractivity contribution < 1.29 is 18.7 Å². The van der Waals surface area contributed by atoms with Gasteiger partial charge in [-0.25, -0.2) is 9.18 Å². The number of halogens is 1. The van der Waals surface area contributed by atoms with Gasteiger partial charge in [0.25, 0.3) is 5.91 Å². The summed E-state index contributed by atoms with van der Waals surface area (Å²) in [6, 6.07) is 22.7. The summed E-state index contributed by atoms with van der Waals surface area (Å²) < 4.78 is 18.8. The molecule has 0 saturated carbocycles. The van der Waals surface area contributed by atoms with E-state index >= 15 is 0 Å². The first kappa shape index (κ1) is 23.4. The maximum absolute atomic E-state index is 13.4. The molecule has 0 aliphatic carbocycles. The van der Waals surface area contributed by atoms with Crippen molar-refractivity contribution in [3.63, 3.8) is 0 Å². The molecule has 2 aliphatic rings. The highest BCUT2D eigenvalue weighted by molar-refractivity contribution is 7.16. The number of ether oxygens (including phenoxy) is 1. The Hall–Kier alpha value is -4.01. The second-order valence-electron chi connectivity index (χ2n) is 9.17. The predicted octanol–water partition coefficient (Wildman–Crippen LogP) is 5.52. The standard InChI is InChI=1S/C29H24FN3O3S/c30-21-8-4-7-20(15-21)29(35)36-22-11-9-19(10-12-22)26-31-27(34)25-23-13-14-33(16-18-5-2-1-3-6-18)17-24(23)37-28(25)32-26/h1-12,15,26,32H,13-14,16-17H2,(H,31,34)/t26-/m0/s1. The van der Waals surface area contributed by atoms with Gasteiger partial charge in [-0.2, -0.15) is 0 Å². The van der Waals surface area contributed by atoms with Crippen molar-refractivity contribution in [2.24, 2.45) is 0 Å². The first-order valence-corrected chi connectivity index (χ1v) is 12.9. The average molecular weight is 514 g/mol. The van der Waals surface area contributed by atoms with E-state index < -0.39 is 18.0 Å². The van der Waals surface area contributed by atoms with Gasteiger partial charge >= 0.3 is 5.97 Å². The molecule has 1 aromatic heterocycles. The first-order chi connectivity index (χ1) is 18.0. The van der Waals surface area contributed by atoms with Gasteiger partial charge in [0.1, 0.15) is 22.7 Å². The van der Waals surface area contributed by atoms with Crippen LogP contribution in [-0.4, -0.2) is 23.3 Å². The largest absolute Gasteiger partial charge is 0.423 e. The van der Waals surface area contributed by atoms with E-state index in [1.54, 1.807) is 35.6 Å². The molecule has 4 aromatic rings. The quantitative estimate of drug-likeness (QED) is 0.272. The fourth-order valence-electron chi connectivity index (χ4n) is 4.82. The zero-order valence-electron chi connectivity index (χ0n) is 19.9. The number of anilines is 1. The Kier molecular flexibility index (Phi) is 6.20. The number of rotatable bonds is 5. The number of amides is 1. The lowest BCUT2D eigenvalue weighted by atomic mass is 10.00. The molecule has 6 nitrogen and oxygen atoms in total. The highest BCUT2D eigenvalue weighted by atomic mass is 32.1. The van der Waals surface area contributed by atoms with Crippen molar-refractivity contribution in [3.05, 3.63) is 117 Å². The molecule has 0 bridgehead atoms. The van der Waals surface area contributed by atoms with Gasteiger partial charge in [-0.1, -0.05) is 48.5 Å². The monoisotopic (exact) mass is 513 g/mol. The van der Waals surface area contributed by atoms with Crippen molar-refractivity contribution in [3.8, 4) is 5.75 Å². The number of nitrogens with one attached hydrogen (secondary N) is 2. The normalized spacial score (nSPS) is 16.8. The number of nitrogens with zero attached hydrogens (tertiary/aromatic N) is 1. The summed E-state index contributed by atoms with van der Waals surface area (Å²) in [5, 5.41) is 7.43. The molecule has 0 radical (unpaired) electrons. The minimum Gasteiger partial charge on any atom is -0.423 e. The van der Waals surface area contributed by atoms with Crippen molar-refractivity contribution in [2.75, 3.05) is 11.9 Å². The molecule has 3 heterocycles. The van der Waals surface area contributed by atoms with Gasteiger partial charge in [-0.05, 0) is 53.4 Å². The summed E-state index contributed by atoms with van der Waals surface area (Å²) >= 11 is 1.65. The van der Waals surface area contributed by atoms with Crippen LogP contribution in [0.2, 0.25) is 0 Å². The minimum absolute atomic E-state index is 0.0747. The van der Waals surface area contributed by atoms with Crippen LogP contribution in [0.3, 0.4) is 0 Å². The number of thiophene rings is 1. The number of hydrogen-bond acceptors (Lipinski definition) is 6. The van der Waals surface area contributed by atoms with Crippen LogP contribution >= 0.6 is 11.3 Å². The Morgan fingerprint density at radius 2 is 1.84 bits per heavy atom. The van der Waals surface area contributed by atoms with Crippen molar-refractivity contribution in [1.29, 1.82) is 0 Å². The maximum Gasteiger partial charge on any atom is 0.343 e. The lowest BCUT2D eigenvalue weighted by molar-refractivity contribution is 0.0734. The van der Waals surface area contributed by atoms with Crippen LogP contribution < -0.4 is 15.4 Å². The van der Waals surface area contributed by atoms with Crippen LogP contribution in [-0.2, 0) is 19.5 Å². The van der Waals surface area contributed by atoms with Crippen LogP contribution in [0.1, 0.15) is 48.4 Å². The third-order valence-electron chi connectivity index (χ3n) is 6.65. The third kappa shape index (κ3) is 4.85. The number of carbonyl (C=O) groups is 2. The SMILES string of the molecule is O=C(Oc1ccc([C@H]2NC(=O)c3c(sc4c3CCN(Cc3ccccc3)C4)N2)cc1)c1cccc(F)c1. The molecule has 3 aromatic carbocycles. The van der Waals surface area contributed by atoms with Crippen LogP contribution in [0, 0.1) is 5.82 Å². The van der Waals surface area contributed by atoms with Gasteiger partial charge in [-0.3, -0.25) is 9.69 Å². The fourth-order valence-corrected chi connectivity index (χ4v) is 6.14. The van der Waals surface area contributed by atoms with E-state index in [-0.39, 0.29) is 11.5 Å². The zero-order valence-corrected chi connectivity index (χ0v) is 20.7. The molecular formula is C29H24FN3O3S. The highest BCUT2D eigenvalue weighted by Crippen LogP contribution is 2.41. The van der Waals surface area contributed by atoms with E-state index in [4.69, 9.17) is 4.74 Å². The highest BCUT2D eigenvalue weighted by Gasteiger charge is 2.33. The Morgan fingerprint density at radius 3 is 2.62 bits per heavy atom. The molecule has 0 fully saturated rings. The van der Waals surface area contributed by atoms with E-state index in [2.05, 4.69) is 39.8 Å². The summed E-state index contributed by atoms with van der Waals surface area (Å²) in [7, 11) is 0. The fraction of sp³-hybridized carbons (Fsp3) is 0.172. The number of carbonyl (C=O) groups excluding carboxylic acids is 2. The maximum atomic E-state index is 13.4. The van der Waals surface area contributed by atoms with Crippen molar-refractivity contribution in [1.82, 2.24) is 10.2 Å². The number of benzene rings is 3. The van der Waals surface area contributed by atoms with E-state index in [1.165, 1.54) is 28.6 Å². The second kappa shape index (κ2) is 9.80. The summed E-state index contributed by atoms with van der Waals surface area (Å²) in [6.07, 6.45) is 0.451. The van der Waals surface area contributed by atoms with Crippen LogP contribution in [0.25, 0.3) is 0 Å². The van der Waals surface area contributed by atoms with Crippen LogP contribution in [0.4, 0.5) is 9.39 Å². The van der Waals surface area contributed by atoms with Gasteiger partial charge < -0.3 is 15.4 Å². The molecule has 0 saturated heterocycles. The molecule has 6 rings (SSSR count). The molecular weight excluding hydrogens is 489 g/mol. The molecule has 8 heteroatoms. The summed E-state index contributed by atoms with van der Waals surface area (Å²) in [4.78, 5) is 29.1. The third-order valence-corrected chi connectivity index (χ3v) is 7.80. The molecule has 1 amide bonds. The van der Waals surface area contributed by atoms with Crippen LogP contribution in [0.5, 0.6) is 5.75 Å². The van der Waals surface area contributed by atoms with Crippen LogP contribution in [0.15, 0.2) is 78.9 Å². The minimum atomic E-state index is -0.633. The molecule has 0 unspecified atom stereocenters. The Morgan fingerprint density at radius 1 is 1.03 bits per heavy atom. The Balaban J connectivity index is 1.14. The van der Waals surface area contributed by atoms with E-state index in [0.29, 0.717) is 5.75 Å². The number of hydrogen-bond donors (Lipinski definition) is 2.